The lowest BCUT2D eigenvalue weighted by atomic mass is 9.93. The monoisotopic (exact) mass is 297 g/mol. The number of likely N-dealkylation sites (tertiary alicyclic amines) is 1. The highest BCUT2D eigenvalue weighted by molar-refractivity contribution is 8.00. The zero-order chi connectivity index (χ0) is 14.5. The Morgan fingerprint density at radius 2 is 2.20 bits per heavy atom. The minimum absolute atomic E-state index is 0.0877. The van der Waals surface area contributed by atoms with Crippen LogP contribution in [0.5, 0.6) is 0 Å². The first-order chi connectivity index (χ1) is 9.56. The molecule has 2 rings (SSSR count). The summed E-state index contributed by atoms with van der Waals surface area (Å²) in [5, 5.41) is 9.63. The Labute approximate surface area is 123 Å². The number of rotatable bonds is 4. The summed E-state index contributed by atoms with van der Waals surface area (Å²) in [6.07, 6.45) is 1.56. The van der Waals surface area contributed by atoms with Gasteiger partial charge in [-0.15, -0.1) is 11.8 Å². The molecule has 1 aromatic rings. The van der Waals surface area contributed by atoms with Gasteiger partial charge < -0.3 is 10.0 Å². The van der Waals surface area contributed by atoms with Crippen LogP contribution in [-0.4, -0.2) is 40.9 Å². The molecule has 1 amide bonds. The molecule has 110 valence electrons. The largest absolute Gasteiger partial charge is 0.393 e. The van der Waals surface area contributed by atoms with Crippen LogP contribution in [0.15, 0.2) is 29.2 Å². The fourth-order valence-corrected chi connectivity index (χ4v) is 3.20. The molecular formula is C15H20FNO2S. The van der Waals surface area contributed by atoms with Crippen molar-refractivity contribution in [3.8, 4) is 0 Å². The maximum Gasteiger partial charge on any atom is 0.232 e. The molecule has 5 heteroatoms. The third kappa shape index (κ3) is 4.21. The van der Waals surface area contributed by atoms with Crippen LogP contribution in [0.1, 0.15) is 19.8 Å². The van der Waals surface area contributed by atoms with Gasteiger partial charge in [-0.1, -0.05) is 0 Å². The van der Waals surface area contributed by atoms with Crippen LogP contribution in [0.25, 0.3) is 0 Å². The van der Waals surface area contributed by atoms with Crippen molar-refractivity contribution in [3.05, 3.63) is 30.1 Å². The minimum atomic E-state index is -0.365. The number of halogens is 1. The summed E-state index contributed by atoms with van der Waals surface area (Å²) in [6, 6.07) is 6.17. The zero-order valence-corrected chi connectivity index (χ0v) is 12.4. The van der Waals surface area contributed by atoms with Gasteiger partial charge in [0.15, 0.2) is 0 Å². The molecular weight excluding hydrogens is 277 g/mol. The Kier molecular flexibility index (Phi) is 5.43. The van der Waals surface area contributed by atoms with Gasteiger partial charge in [0, 0.05) is 23.9 Å². The van der Waals surface area contributed by atoms with Crippen molar-refractivity contribution in [2.75, 3.05) is 18.8 Å². The lowest BCUT2D eigenvalue weighted by molar-refractivity contribution is -0.130. The van der Waals surface area contributed by atoms with Gasteiger partial charge in [-0.05, 0) is 44.0 Å². The van der Waals surface area contributed by atoms with E-state index in [-0.39, 0.29) is 23.7 Å². The SMILES string of the molecule is CC(O)C1CCCN(C(=O)CSc2ccc(F)cc2)C1. The summed E-state index contributed by atoms with van der Waals surface area (Å²) in [7, 11) is 0. The molecule has 0 radical (unpaired) electrons. The summed E-state index contributed by atoms with van der Waals surface area (Å²) in [4.78, 5) is 14.9. The molecule has 0 aromatic heterocycles. The first kappa shape index (κ1) is 15.3. The quantitative estimate of drug-likeness (QED) is 0.868. The number of aliphatic hydroxyl groups excluding tert-OH is 1. The number of aliphatic hydroxyl groups is 1. The second-order valence-corrected chi connectivity index (χ2v) is 6.27. The Morgan fingerprint density at radius 3 is 2.85 bits per heavy atom. The van der Waals surface area contributed by atoms with Gasteiger partial charge in [-0.3, -0.25) is 4.79 Å². The fourth-order valence-electron chi connectivity index (χ4n) is 2.40. The predicted molar refractivity (Wildman–Crippen MR) is 78.1 cm³/mol. The molecule has 0 spiro atoms. The van der Waals surface area contributed by atoms with Crippen LogP contribution < -0.4 is 0 Å². The van der Waals surface area contributed by atoms with E-state index in [4.69, 9.17) is 0 Å². The maximum atomic E-state index is 12.8. The number of amides is 1. The van der Waals surface area contributed by atoms with Gasteiger partial charge in [0.25, 0.3) is 0 Å². The molecule has 1 N–H and O–H groups in total. The maximum absolute atomic E-state index is 12.8. The van der Waals surface area contributed by atoms with E-state index in [2.05, 4.69) is 0 Å². The number of piperidine rings is 1. The number of carbonyl (C=O) groups is 1. The van der Waals surface area contributed by atoms with Crippen molar-refractivity contribution in [2.24, 2.45) is 5.92 Å². The molecule has 1 aromatic carbocycles. The van der Waals surface area contributed by atoms with Crippen LogP contribution in [0.2, 0.25) is 0 Å². The van der Waals surface area contributed by atoms with Crippen LogP contribution >= 0.6 is 11.8 Å². The molecule has 1 aliphatic heterocycles. The van der Waals surface area contributed by atoms with Crippen molar-refractivity contribution in [3.63, 3.8) is 0 Å². The Hall–Kier alpha value is -1.07. The van der Waals surface area contributed by atoms with Gasteiger partial charge in [0.2, 0.25) is 5.91 Å². The molecule has 3 nitrogen and oxygen atoms in total. The summed E-state index contributed by atoms with van der Waals surface area (Å²) < 4.78 is 12.8. The van der Waals surface area contributed by atoms with Crippen molar-refractivity contribution >= 4 is 17.7 Å². The van der Waals surface area contributed by atoms with Gasteiger partial charge >= 0.3 is 0 Å². The molecule has 0 bridgehead atoms. The number of hydrogen-bond acceptors (Lipinski definition) is 3. The zero-order valence-electron chi connectivity index (χ0n) is 11.6. The van der Waals surface area contributed by atoms with E-state index in [0.717, 1.165) is 24.3 Å². The van der Waals surface area contributed by atoms with E-state index < -0.39 is 0 Å². The van der Waals surface area contributed by atoms with E-state index >= 15 is 0 Å². The number of hydrogen-bond donors (Lipinski definition) is 1. The minimum Gasteiger partial charge on any atom is -0.393 e. The van der Waals surface area contributed by atoms with E-state index in [1.165, 1.54) is 23.9 Å². The lowest BCUT2D eigenvalue weighted by Crippen LogP contribution is -2.43. The average molecular weight is 297 g/mol. The van der Waals surface area contributed by atoms with Crippen LogP contribution in [0, 0.1) is 11.7 Å². The van der Waals surface area contributed by atoms with E-state index in [1.54, 1.807) is 19.1 Å². The molecule has 2 unspecified atom stereocenters. The highest BCUT2D eigenvalue weighted by Gasteiger charge is 2.26. The second kappa shape index (κ2) is 7.09. The summed E-state index contributed by atoms with van der Waals surface area (Å²) in [5.74, 6) is 0.364. The average Bonchev–Trinajstić information content (AvgIpc) is 2.46. The summed E-state index contributed by atoms with van der Waals surface area (Å²) in [5.41, 5.74) is 0. The fraction of sp³-hybridized carbons (Fsp3) is 0.533. The van der Waals surface area contributed by atoms with Crippen molar-refractivity contribution in [1.29, 1.82) is 0 Å². The Morgan fingerprint density at radius 1 is 1.50 bits per heavy atom. The Bertz CT molecular complexity index is 450. The van der Waals surface area contributed by atoms with Crippen LogP contribution in [-0.2, 0) is 4.79 Å². The van der Waals surface area contributed by atoms with Gasteiger partial charge in [-0.25, -0.2) is 4.39 Å². The van der Waals surface area contributed by atoms with E-state index in [0.29, 0.717) is 12.3 Å². The third-order valence-electron chi connectivity index (χ3n) is 3.67. The molecule has 2 atom stereocenters. The topological polar surface area (TPSA) is 40.5 Å². The number of carbonyl (C=O) groups excluding carboxylic acids is 1. The number of nitrogens with zero attached hydrogens (tertiary/aromatic N) is 1. The van der Waals surface area contributed by atoms with Gasteiger partial charge in [0.1, 0.15) is 5.82 Å². The third-order valence-corrected chi connectivity index (χ3v) is 4.67. The lowest BCUT2D eigenvalue weighted by Gasteiger charge is -2.34. The van der Waals surface area contributed by atoms with E-state index in [1.807, 2.05) is 4.90 Å². The Balaban J connectivity index is 1.83. The van der Waals surface area contributed by atoms with E-state index in [9.17, 15) is 14.3 Å². The van der Waals surface area contributed by atoms with Crippen molar-refractivity contribution < 1.29 is 14.3 Å². The van der Waals surface area contributed by atoms with Crippen LogP contribution in [0.3, 0.4) is 0 Å². The predicted octanol–water partition coefficient (Wildman–Crippen LogP) is 2.54. The molecule has 1 aliphatic rings. The smallest absolute Gasteiger partial charge is 0.232 e. The molecule has 20 heavy (non-hydrogen) atoms. The molecule has 1 fully saturated rings. The van der Waals surface area contributed by atoms with Crippen molar-refractivity contribution in [2.45, 2.75) is 30.8 Å². The molecule has 0 aliphatic carbocycles. The van der Waals surface area contributed by atoms with Crippen LogP contribution in [0.4, 0.5) is 4.39 Å². The van der Waals surface area contributed by atoms with Gasteiger partial charge in [-0.2, -0.15) is 0 Å². The standard InChI is InChI=1S/C15H20FNO2S/c1-11(18)12-3-2-8-17(9-12)15(19)10-20-14-6-4-13(16)5-7-14/h4-7,11-12,18H,2-3,8-10H2,1H3. The highest BCUT2D eigenvalue weighted by Crippen LogP contribution is 2.22. The van der Waals surface area contributed by atoms with Gasteiger partial charge in [0.05, 0.1) is 11.9 Å². The number of benzene rings is 1. The van der Waals surface area contributed by atoms with Crippen molar-refractivity contribution in [1.82, 2.24) is 4.90 Å². The number of thioether (sulfide) groups is 1. The highest BCUT2D eigenvalue weighted by atomic mass is 32.2. The molecule has 1 heterocycles. The molecule has 0 saturated carbocycles. The molecule has 1 saturated heterocycles. The summed E-state index contributed by atoms with van der Waals surface area (Å²) >= 11 is 1.42. The normalized spacial score (nSPS) is 20.8. The second-order valence-electron chi connectivity index (χ2n) is 5.23. The first-order valence-corrected chi connectivity index (χ1v) is 7.89. The first-order valence-electron chi connectivity index (χ1n) is 6.90. The summed E-state index contributed by atoms with van der Waals surface area (Å²) in [6.45, 7) is 3.19.